The van der Waals surface area contributed by atoms with Crippen molar-refractivity contribution in [1.82, 2.24) is 0 Å². The normalized spacial score (nSPS) is 12.8. The maximum atomic E-state index is 5.63. The highest BCUT2D eigenvalue weighted by Gasteiger charge is 2.18. The summed E-state index contributed by atoms with van der Waals surface area (Å²) in [5.41, 5.74) is 2.18. The monoisotopic (exact) mass is 271 g/mol. The van der Waals surface area contributed by atoms with Gasteiger partial charge in [-0.05, 0) is 29.8 Å². The minimum absolute atomic E-state index is 0.560. The van der Waals surface area contributed by atoms with Crippen LogP contribution in [0.5, 0.6) is 17.2 Å². The quantitative estimate of drug-likeness (QED) is 0.927. The Morgan fingerprint density at radius 3 is 2.70 bits per heavy atom. The maximum Gasteiger partial charge on any atom is 0.203 e. The van der Waals surface area contributed by atoms with Crippen molar-refractivity contribution in [2.45, 2.75) is 6.54 Å². The van der Waals surface area contributed by atoms with E-state index in [9.17, 15) is 0 Å². The van der Waals surface area contributed by atoms with Crippen LogP contribution in [0, 0.1) is 0 Å². The van der Waals surface area contributed by atoms with Gasteiger partial charge in [-0.1, -0.05) is 18.2 Å². The highest BCUT2D eigenvalue weighted by molar-refractivity contribution is 5.55. The van der Waals surface area contributed by atoms with Gasteiger partial charge in [0.25, 0.3) is 0 Å². The summed E-state index contributed by atoms with van der Waals surface area (Å²) in [5.74, 6) is 2.16. The van der Waals surface area contributed by atoms with Crippen molar-refractivity contribution in [3.63, 3.8) is 0 Å². The Balaban J connectivity index is 1.79. The van der Waals surface area contributed by atoms with Gasteiger partial charge in [0.1, 0.15) is 13.2 Å². The van der Waals surface area contributed by atoms with Crippen molar-refractivity contribution in [2.24, 2.45) is 0 Å². The number of nitrogens with one attached hydrogen (secondary N) is 1. The van der Waals surface area contributed by atoms with E-state index in [1.807, 2.05) is 42.5 Å². The fraction of sp³-hybridized carbons (Fsp3) is 0.250. The fourth-order valence-corrected chi connectivity index (χ4v) is 2.19. The van der Waals surface area contributed by atoms with E-state index in [-0.39, 0.29) is 0 Å². The summed E-state index contributed by atoms with van der Waals surface area (Å²) in [5, 5.41) is 3.37. The smallest absolute Gasteiger partial charge is 0.203 e. The average Bonchev–Trinajstić information content (AvgIpc) is 2.53. The summed E-state index contributed by atoms with van der Waals surface area (Å²) in [6.45, 7) is 1.84. The van der Waals surface area contributed by atoms with Gasteiger partial charge in [0.15, 0.2) is 11.5 Å². The van der Waals surface area contributed by atoms with Gasteiger partial charge in [0.05, 0.1) is 7.11 Å². The van der Waals surface area contributed by atoms with Gasteiger partial charge >= 0.3 is 0 Å². The van der Waals surface area contributed by atoms with Crippen LogP contribution in [-0.2, 0) is 6.54 Å². The van der Waals surface area contributed by atoms with E-state index < -0.39 is 0 Å². The van der Waals surface area contributed by atoms with E-state index in [0.29, 0.717) is 31.3 Å². The van der Waals surface area contributed by atoms with Crippen molar-refractivity contribution in [3.8, 4) is 17.2 Å². The Morgan fingerprint density at radius 1 is 1.10 bits per heavy atom. The molecule has 0 saturated carbocycles. The van der Waals surface area contributed by atoms with E-state index >= 15 is 0 Å². The van der Waals surface area contributed by atoms with E-state index in [4.69, 9.17) is 14.2 Å². The molecule has 4 nitrogen and oxygen atoms in total. The van der Waals surface area contributed by atoms with Gasteiger partial charge in [-0.15, -0.1) is 0 Å². The topological polar surface area (TPSA) is 39.7 Å². The Bertz CT molecular complexity index is 567. The third-order valence-electron chi connectivity index (χ3n) is 3.16. The molecule has 1 N–H and O–H groups in total. The highest BCUT2D eigenvalue weighted by Crippen LogP contribution is 2.40. The molecule has 0 atom stereocenters. The van der Waals surface area contributed by atoms with Crippen molar-refractivity contribution >= 4 is 5.69 Å². The predicted molar refractivity (Wildman–Crippen MR) is 77.8 cm³/mol. The lowest BCUT2D eigenvalue weighted by molar-refractivity contribution is 0.165. The molecule has 0 unspecified atom stereocenters. The Morgan fingerprint density at radius 2 is 1.90 bits per heavy atom. The van der Waals surface area contributed by atoms with Crippen molar-refractivity contribution in [2.75, 3.05) is 25.6 Å². The predicted octanol–water partition coefficient (Wildman–Crippen LogP) is 3.08. The van der Waals surface area contributed by atoms with Crippen LogP contribution in [0.2, 0.25) is 0 Å². The van der Waals surface area contributed by atoms with Gasteiger partial charge in [0, 0.05) is 12.2 Å². The van der Waals surface area contributed by atoms with Crippen molar-refractivity contribution < 1.29 is 14.2 Å². The van der Waals surface area contributed by atoms with Crippen LogP contribution in [0.1, 0.15) is 5.56 Å². The Hall–Kier alpha value is -2.36. The molecule has 0 aromatic heterocycles. The number of benzene rings is 2. The maximum absolute atomic E-state index is 5.63. The van der Waals surface area contributed by atoms with Crippen LogP contribution in [0.4, 0.5) is 5.69 Å². The molecule has 0 fully saturated rings. The van der Waals surface area contributed by atoms with Gasteiger partial charge < -0.3 is 19.5 Å². The third kappa shape index (κ3) is 2.64. The molecule has 1 aliphatic heterocycles. The first-order valence-corrected chi connectivity index (χ1v) is 6.62. The van der Waals surface area contributed by atoms with Crippen LogP contribution in [0.25, 0.3) is 0 Å². The molecule has 1 heterocycles. The summed E-state index contributed by atoms with van der Waals surface area (Å²) in [6.07, 6.45) is 0. The first-order valence-electron chi connectivity index (χ1n) is 6.62. The standard InChI is InChI=1S/C16H17NO3/c1-18-14-9-12(10-15-16(14)20-8-7-19-15)11-17-13-5-3-2-4-6-13/h2-6,9-10,17H,7-8,11H2,1H3. The average molecular weight is 271 g/mol. The number of fused-ring (bicyclic) bond motifs is 1. The van der Waals surface area contributed by atoms with Crippen LogP contribution in [-0.4, -0.2) is 20.3 Å². The molecular formula is C16H17NO3. The number of rotatable bonds is 4. The summed E-state index contributed by atoms with van der Waals surface area (Å²) in [7, 11) is 1.64. The first kappa shape index (κ1) is 12.7. The van der Waals surface area contributed by atoms with Crippen molar-refractivity contribution in [1.29, 1.82) is 0 Å². The molecule has 0 amide bonds. The molecule has 3 rings (SSSR count). The molecule has 0 spiro atoms. The van der Waals surface area contributed by atoms with Gasteiger partial charge in [-0.2, -0.15) is 0 Å². The second-order valence-electron chi connectivity index (χ2n) is 4.54. The Labute approximate surface area is 118 Å². The number of para-hydroxylation sites is 1. The highest BCUT2D eigenvalue weighted by atomic mass is 16.6. The molecule has 1 aliphatic rings. The lowest BCUT2D eigenvalue weighted by Gasteiger charge is -2.21. The zero-order chi connectivity index (χ0) is 13.8. The molecular weight excluding hydrogens is 254 g/mol. The second kappa shape index (κ2) is 5.74. The molecule has 104 valence electrons. The molecule has 0 aliphatic carbocycles. The van der Waals surface area contributed by atoms with Crippen molar-refractivity contribution in [3.05, 3.63) is 48.0 Å². The van der Waals surface area contributed by atoms with E-state index in [2.05, 4.69) is 5.32 Å². The minimum atomic E-state index is 0.560. The van der Waals surface area contributed by atoms with Crippen LogP contribution < -0.4 is 19.5 Å². The zero-order valence-corrected chi connectivity index (χ0v) is 11.4. The van der Waals surface area contributed by atoms with E-state index in [0.717, 1.165) is 17.0 Å². The molecule has 0 bridgehead atoms. The number of ether oxygens (including phenoxy) is 3. The molecule has 0 saturated heterocycles. The SMILES string of the molecule is COc1cc(CNc2ccccc2)cc2c1OCCO2. The molecule has 2 aromatic carbocycles. The summed E-state index contributed by atoms with van der Waals surface area (Å²) in [4.78, 5) is 0. The second-order valence-corrected chi connectivity index (χ2v) is 4.54. The van der Waals surface area contributed by atoms with E-state index in [1.165, 1.54) is 0 Å². The lowest BCUT2D eigenvalue weighted by Crippen LogP contribution is -2.16. The molecule has 20 heavy (non-hydrogen) atoms. The summed E-state index contributed by atoms with van der Waals surface area (Å²) < 4.78 is 16.6. The lowest BCUT2D eigenvalue weighted by atomic mass is 10.1. The number of hydrogen-bond acceptors (Lipinski definition) is 4. The minimum Gasteiger partial charge on any atom is -0.493 e. The largest absolute Gasteiger partial charge is 0.493 e. The van der Waals surface area contributed by atoms with Gasteiger partial charge in [-0.3, -0.25) is 0 Å². The van der Waals surface area contributed by atoms with Crippen LogP contribution >= 0.6 is 0 Å². The molecule has 2 aromatic rings. The fourth-order valence-electron chi connectivity index (χ4n) is 2.19. The van der Waals surface area contributed by atoms with E-state index in [1.54, 1.807) is 7.11 Å². The van der Waals surface area contributed by atoms with Crippen LogP contribution in [0.15, 0.2) is 42.5 Å². The summed E-state index contributed by atoms with van der Waals surface area (Å²) >= 11 is 0. The first-order chi connectivity index (χ1) is 9.86. The summed E-state index contributed by atoms with van der Waals surface area (Å²) in [6, 6.07) is 14.1. The number of anilines is 1. The number of methoxy groups -OCH3 is 1. The Kier molecular flexibility index (Phi) is 3.63. The van der Waals surface area contributed by atoms with Crippen LogP contribution in [0.3, 0.4) is 0 Å². The van der Waals surface area contributed by atoms with Gasteiger partial charge in [-0.25, -0.2) is 0 Å². The molecule has 4 heteroatoms. The number of hydrogen-bond donors (Lipinski definition) is 1. The molecule has 0 radical (unpaired) electrons. The zero-order valence-electron chi connectivity index (χ0n) is 11.4. The third-order valence-corrected chi connectivity index (χ3v) is 3.16. The van der Waals surface area contributed by atoms with Gasteiger partial charge in [0.2, 0.25) is 5.75 Å².